The van der Waals surface area contributed by atoms with Crippen LogP contribution in [-0.4, -0.2) is 51.2 Å². The summed E-state index contributed by atoms with van der Waals surface area (Å²) in [4.78, 5) is 27.3. The molecule has 1 aromatic rings. The fourth-order valence-corrected chi connectivity index (χ4v) is 9.55. The molecule has 0 radical (unpaired) electrons. The highest BCUT2D eigenvalue weighted by Gasteiger charge is 2.64. The number of ketones is 1. The molecular formula is C29H45N3O3. The molecule has 0 aromatic carbocycles. The van der Waals surface area contributed by atoms with Gasteiger partial charge in [0.15, 0.2) is 5.78 Å². The van der Waals surface area contributed by atoms with E-state index in [1.807, 2.05) is 6.92 Å². The minimum Gasteiger partial charge on any atom is -0.390 e. The molecular weight excluding hydrogens is 438 g/mol. The van der Waals surface area contributed by atoms with Gasteiger partial charge >= 0.3 is 0 Å². The third kappa shape index (κ3) is 3.81. The van der Waals surface area contributed by atoms with Crippen molar-refractivity contribution in [3.63, 3.8) is 0 Å². The zero-order valence-electron chi connectivity index (χ0n) is 22.6. The number of hydrogen-bond donors (Lipinski definition) is 1. The Kier molecular flexibility index (Phi) is 5.82. The number of carbonyl (C=O) groups is 2. The lowest BCUT2D eigenvalue weighted by atomic mass is 9.39. The second kappa shape index (κ2) is 8.16. The Morgan fingerprint density at radius 2 is 1.77 bits per heavy atom. The first-order chi connectivity index (χ1) is 16.3. The van der Waals surface area contributed by atoms with Gasteiger partial charge in [0, 0.05) is 26.2 Å². The number of hydrogen-bond acceptors (Lipinski definition) is 4. The lowest BCUT2D eigenvalue weighted by Crippen LogP contribution is -2.60. The van der Waals surface area contributed by atoms with Gasteiger partial charge in [0.25, 0.3) is 5.91 Å². The summed E-state index contributed by atoms with van der Waals surface area (Å²) in [5.74, 6) is 2.29. The highest BCUT2D eigenvalue weighted by atomic mass is 16.3. The number of aromatic nitrogens is 2. The average molecular weight is 484 g/mol. The van der Waals surface area contributed by atoms with Crippen molar-refractivity contribution in [2.75, 3.05) is 14.1 Å². The van der Waals surface area contributed by atoms with Crippen molar-refractivity contribution in [2.45, 2.75) is 97.6 Å². The van der Waals surface area contributed by atoms with Crippen LogP contribution < -0.4 is 0 Å². The van der Waals surface area contributed by atoms with Crippen molar-refractivity contribution in [1.29, 1.82) is 0 Å². The van der Waals surface area contributed by atoms with Gasteiger partial charge in [0.1, 0.15) is 0 Å². The molecule has 0 spiro atoms. The number of rotatable bonds is 4. The van der Waals surface area contributed by atoms with Crippen molar-refractivity contribution < 1.29 is 14.7 Å². The van der Waals surface area contributed by atoms with E-state index < -0.39 is 5.60 Å². The fraction of sp³-hybridized carbons (Fsp3) is 0.828. The summed E-state index contributed by atoms with van der Waals surface area (Å²) in [5, 5.41) is 15.2. The summed E-state index contributed by atoms with van der Waals surface area (Å²) < 4.78 is 1.66. The number of nitrogens with zero attached hydrogens (tertiary/aromatic N) is 3. The largest absolute Gasteiger partial charge is 0.390 e. The van der Waals surface area contributed by atoms with Crippen molar-refractivity contribution in [3.8, 4) is 0 Å². The molecule has 4 fully saturated rings. The average Bonchev–Trinajstić information content (AvgIpc) is 3.37. The molecule has 4 aliphatic carbocycles. The predicted molar refractivity (Wildman–Crippen MR) is 136 cm³/mol. The topological polar surface area (TPSA) is 75.4 Å². The van der Waals surface area contributed by atoms with Crippen LogP contribution in [0.25, 0.3) is 0 Å². The quantitative estimate of drug-likeness (QED) is 0.657. The van der Waals surface area contributed by atoms with Gasteiger partial charge in [-0.05, 0) is 98.7 Å². The number of aliphatic hydroxyl groups is 1. The minimum absolute atomic E-state index is 0.0674. The molecule has 6 heteroatoms. The molecule has 1 amide bonds. The second-order valence-electron chi connectivity index (χ2n) is 13.8. The molecule has 4 saturated carbocycles. The first-order valence-electron chi connectivity index (χ1n) is 13.8. The van der Waals surface area contributed by atoms with E-state index in [0.29, 0.717) is 23.3 Å². The van der Waals surface area contributed by atoms with Crippen molar-refractivity contribution in [3.05, 3.63) is 18.0 Å². The van der Waals surface area contributed by atoms with E-state index in [1.54, 1.807) is 31.2 Å². The maximum Gasteiger partial charge on any atom is 0.256 e. The molecule has 0 unspecified atom stereocenters. The molecule has 8 atom stereocenters. The molecule has 6 nitrogen and oxygen atoms in total. The van der Waals surface area contributed by atoms with Crippen LogP contribution in [0.1, 0.15) is 95.8 Å². The fourth-order valence-electron chi connectivity index (χ4n) is 9.55. The molecule has 0 aliphatic heterocycles. The Morgan fingerprint density at radius 1 is 1.03 bits per heavy atom. The third-order valence-electron chi connectivity index (χ3n) is 11.6. The van der Waals surface area contributed by atoms with Crippen LogP contribution >= 0.6 is 0 Å². The summed E-state index contributed by atoms with van der Waals surface area (Å²) >= 11 is 0. The molecule has 4 aliphatic rings. The van der Waals surface area contributed by atoms with Crippen molar-refractivity contribution in [2.24, 2.45) is 39.9 Å². The SMILES string of the molecule is CN(C)C(=O)c1cnn(CC(=O)[C@H]2CC[C@H]3[C@@H]4CC[C@@]5(C)C[C@](C)(O)CC[C@]5(C)[C@H]4CC[C@]23C)c1. The standard InChI is InChI=1S/C29H45N3O3/c1-26-11-9-20-21-7-8-23(24(33)17-32-16-19(15-30-32)25(34)31(5)6)28(21,3)12-10-22(20)29(26,4)14-13-27(2,35)18-26/h15-16,20-23,35H,7-14,17-18H2,1-6H3/t20-,21-,22-,23+,26-,27+,28-,29+/m0/s1. The Hall–Kier alpha value is -1.69. The van der Waals surface area contributed by atoms with E-state index in [0.717, 1.165) is 38.5 Å². The van der Waals surface area contributed by atoms with Gasteiger partial charge in [-0.25, -0.2) is 0 Å². The zero-order chi connectivity index (χ0) is 25.4. The number of Topliss-reactive ketones (excluding diaryl/α,β-unsaturated/α-hetero) is 1. The third-order valence-corrected chi connectivity index (χ3v) is 11.6. The molecule has 5 rings (SSSR count). The number of amides is 1. The second-order valence-corrected chi connectivity index (χ2v) is 13.8. The first kappa shape index (κ1) is 25.0. The summed E-state index contributed by atoms with van der Waals surface area (Å²) in [6.45, 7) is 9.67. The molecule has 1 aromatic heterocycles. The summed E-state index contributed by atoms with van der Waals surface area (Å²) in [7, 11) is 3.45. The predicted octanol–water partition coefficient (Wildman–Crippen LogP) is 4.95. The van der Waals surface area contributed by atoms with Crippen LogP contribution in [0.15, 0.2) is 12.4 Å². The molecule has 194 valence electrons. The van der Waals surface area contributed by atoms with E-state index in [1.165, 1.54) is 24.2 Å². The Morgan fingerprint density at radius 3 is 2.49 bits per heavy atom. The van der Waals surface area contributed by atoms with Gasteiger partial charge in [0.05, 0.1) is 23.9 Å². The lowest BCUT2D eigenvalue weighted by Gasteiger charge is -2.66. The summed E-state index contributed by atoms with van der Waals surface area (Å²) in [6.07, 6.45) is 13.1. The van der Waals surface area contributed by atoms with Crippen LogP contribution in [0, 0.1) is 39.9 Å². The van der Waals surface area contributed by atoms with Gasteiger partial charge in [-0.2, -0.15) is 5.10 Å². The van der Waals surface area contributed by atoms with Gasteiger partial charge in [-0.3, -0.25) is 14.3 Å². The van der Waals surface area contributed by atoms with Crippen LogP contribution in [0.2, 0.25) is 0 Å². The van der Waals surface area contributed by atoms with Crippen LogP contribution in [0.5, 0.6) is 0 Å². The Labute approximate surface area is 210 Å². The summed E-state index contributed by atoms with van der Waals surface area (Å²) in [6, 6.07) is 0. The molecule has 0 bridgehead atoms. The number of carbonyl (C=O) groups excluding carboxylic acids is 2. The van der Waals surface area contributed by atoms with Crippen molar-refractivity contribution in [1.82, 2.24) is 14.7 Å². The van der Waals surface area contributed by atoms with E-state index in [-0.39, 0.29) is 40.4 Å². The highest BCUT2D eigenvalue weighted by Crippen LogP contribution is 2.71. The van der Waals surface area contributed by atoms with Crippen LogP contribution in [-0.2, 0) is 11.3 Å². The Bertz CT molecular complexity index is 1010. The van der Waals surface area contributed by atoms with E-state index in [4.69, 9.17) is 0 Å². The van der Waals surface area contributed by atoms with Gasteiger partial charge in [-0.15, -0.1) is 0 Å². The molecule has 0 saturated heterocycles. The molecule has 1 heterocycles. The van der Waals surface area contributed by atoms with E-state index in [9.17, 15) is 14.7 Å². The lowest BCUT2D eigenvalue weighted by molar-refractivity contribution is -0.189. The monoisotopic (exact) mass is 483 g/mol. The van der Waals surface area contributed by atoms with Gasteiger partial charge in [0.2, 0.25) is 0 Å². The maximum absolute atomic E-state index is 13.6. The minimum atomic E-state index is -0.529. The molecule has 1 N–H and O–H groups in total. The maximum atomic E-state index is 13.6. The van der Waals surface area contributed by atoms with E-state index in [2.05, 4.69) is 25.9 Å². The van der Waals surface area contributed by atoms with Crippen LogP contribution in [0.4, 0.5) is 0 Å². The zero-order valence-corrected chi connectivity index (χ0v) is 22.6. The summed E-state index contributed by atoms with van der Waals surface area (Å²) in [5.41, 5.74) is 0.561. The normalized spacial score (nSPS) is 44.8. The van der Waals surface area contributed by atoms with Gasteiger partial charge < -0.3 is 10.0 Å². The van der Waals surface area contributed by atoms with E-state index >= 15 is 0 Å². The molecule has 35 heavy (non-hydrogen) atoms. The smallest absolute Gasteiger partial charge is 0.256 e. The van der Waals surface area contributed by atoms with Crippen molar-refractivity contribution >= 4 is 11.7 Å². The van der Waals surface area contributed by atoms with Crippen LogP contribution in [0.3, 0.4) is 0 Å². The number of fused-ring (bicyclic) bond motifs is 5. The first-order valence-corrected chi connectivity index (χ1v) is 13.8. The van der Waals surface area contributed by atoms with Gasteiger partial charge in [-0.1, -0.05) is 20.8 Å². The highest BCUT2D eigenvalue weighted by molar-refractivity contribution is 5.93. The Balaban J connectivity index is 1.32.